The summed E-state index contributed by atoms with van der Waals surface area (Å²) in [5.74, 6) is 0.706. The number of carbonyl (C=O) groups excluding carboxylic acids is 1. The van der Waals surface area contributed by atoms with Crippen molar-refractivity contribution in [2.75, 3.05) is 24.7 Å². The molecule has 1 unspecified atom stereocenters. The van der Waals surface area contributed by atoms with E-state index in [0.717, 1.165) is 46.1 Å². The van der Waals surface area contributed by atoms with Gasteiger partial charge in [0, 0.05) is 12.2 Å². The summed E-state index contributed by atoms with van der Waals surface area (Å²) in [5.41, 5.74) is 3.92. The summed E-state index contributed by atoms with van der Waals surface area (Å²) in [6.07, 6.45) is 2.06. The SMILES string of the molecule is CCOc1ccc(C(=O)N(CC2CCCO2)c2nc3c(C)cc(C)cc3s2)cc1. The van der Waals surface area contributed by atoms with Crippen molar-refractivity contribution in [2.45, 2.75) is 39.7 Å². The number of fused-ring (bicyclic) bond motifs is 1. The molecule has 6 heteroatoms. The number of thiazole rings is 1. The summed E-state index contributed by atoms with van der Waals surface area (Å²) in [4.78, 5) is 20.0. The van der Waals surface area contributed by atoms with E-state index in [1.165, 1.54) is 5.56 Å². The molecule has 1 amide bonds. The molecule has 3 aromatic rings. The van der Waals surface area contributed by atoms with Gasteiger partial charge in [-0.05, 0) is 75.1 Å². The molecule has 0 N–H and O–H groups in total. The summed E-state index contributed by atoms with van der Waals surface area (Å²) in [6.45, 7) is 7.97. The average molecular weight is 411 g/mol. The molecule has 1 atom stereocenters. The highest BCUT2D eigenvalue weighted by atomic mass is 32.1. The molecule has 152 valence electrons. The Morgan fingerprint density at radius 1 is 1.28 bits per heavy atom. The standard InChI is InChI=1S/C23H26N2O3S/c1-4-27-18-9-7-17(8-10-18)22(26)25(14-19-6-5-11-28-19)23-24-21-16(3)12-15(2)13-20(21)29-23/h7-10,12-13,19H,4-6,11,14H2,1-3H3. The molecule has 1 fully saturated rings. The van der Waals surface area contributed by atoms with Gasteiger partial charge in [-0.3, -0.25) is 9.69 Å². The number of ether oxygens (including phenoxy) is 2. The Hall–Kier alpha value is -2.44. The van der Waals surface area contributed by atoms with Gasteiger partial charge < -0.3 is 9.47 Å². The van der Waals surface area contributed by atoms with Gasteiger partial charge in [-0.15, -0.1) is 0 Å². The minimum atomic E-state index is -0.0584. The Labute approximate surface area is 175 Å². The molecule has 0 aliphatic carbocycles. The first-order chi connectivity index (χ1) is 14.0. The average Bonchev–Trinajstić information content (AvgIpc) is 3.36. The number of aryl methyl sites for hydroxylation is 2. The Kier molecular flexibility index (Phi) is 5.83. The fraction of sp³-hybridized carbons (Fsp3) is 0.391. The van der Waals surface area contributed by atoms with E-state index in [4.69, 9.17) is 14.5 Å². The van der Waals surface area contributed by atoms with Gasteiger partial charge in [0.25, 0.3) is 5.91 Å². The second-order valence-electron chi connectivity index (χ2n) is 7.43. The molecule has 29 heavy (non-hydrogen) atoms. The van der Waals surface area contributed by atoms with E-state index in [2.05, 4.69) is 26.0 Å². The van der Waals surface area contributed by atoms with Crippen LogP contribution < -0.4 is 9.64 Å². The summed E-state index contributed by atoms with van der Waals surface area (Å²) < 4.78 is 12.4. The van der Waals surface area contributed by atoms with Crippen LogP contribution in [0, 0.1) is 13.8 Å². The maximum absolute atomic E-state index is 13.4. The van der Waals surface area contributed by atoms with Crippen molar-refractivity contribution in [3.05, 3.63) is 53.1 Å². The van der Waals surface area contributed by atoms with Crippen molar-refractivity contribution in [2.24, 2.45) is 0 Å². The quantitative estimate of drug-likeness (QED) is 0.565. The molecule has 0 saturated carbocycles. The van der Waals surface area contributed by atoms with E-state index >= 15 is 0 Å². The van der Waals surface area contributed by atoms with Crippen LogP contribution in [0.25, 0.3) is 10.2 Å². The van der Waals surface area contributed by atoms with Crippen LogP contribution in [-0.2, 0) is 4.74 Å². The van der Waals surface area contributed by atoms with Gasteiger partial charge in [0.2, 0.25) is 0 Å². The number of carbonyl (C=O) groups is 1. The van der Waals surface area contributed by atoms with Crippen LogP contribution in [0.15, 0.2) is 36.4 Å². The Balaban J connectivity index is 1.69. The van der Waals surface area contributed by atoms with Crippen LogP contribution in [-0.4, -0.2) is 36.8 Å². The Bertz CT molecular complexity index is 1010. The van der Waals surface area contributed by atoms with Gasteiger partial charge in [-0.2, -0.15) is 0 Å². The van der Waals surface area contributed by atoms with E-state index in [1.54, 1.807) is 16.2 Å². The third-order valence-electron chi connectivity index (χ3n) is 5.12. The van der Waals surface area contributed by atoms with Crippen LogP contribution in [0.4, 0.5) is 5.13 Å². The molecule has 0 spiro atoms. The van der Waals surface area contributed by atoms with Crippen LogP contribution in [0.1, 0.15) is 41.3 Å². The minimum absolute atomic E-state index is 0.0523. The summed E-state index contributed by atoms with van der Waals surface area (Å²) in [6, 6.07) is 11.6. The van der Waals surface area contributed by atoms with E-state index in [-0.39, 0.29) is 12.0 Å². The number of anilines is 1. The zero-order valence-corrected chi connectivity index (χ0v) is 17.9. The van der Waals surface area contributed by atoms with Gasteiger partial charge in [-0.25, -0.2) is 4.98 Å². The second-order valence-corrected chi connectivity index (χ2v) is 8.44. The number of rotatable bonds is 6. The highest BCUT2D eigenvalue weighted by Crippen LogP contribution is 2.33. The number of benzene rings is 2. The lowest BCUT2D eigenvalue weighted by Crippen LogP contribution is -2.37. The largest absolute Gasteiger partial charge is 0.494 e. The molecule has 1 saturated heterocycles. The Morgan fingerprint density at radius 2 is 2.07 bits per heavy atom. The van der Waals surface area contributed by atoms with Gasteiger partial charge in [-0.1, -0.05) is 17.4 Å². The van der Waals surface area contributed by atoms with Crippen molar-refractivity contribution < 1.29 is 14.3 Å². The van der Waals surface area contributed by atoms with E-state index in [1.807, 2.05) is 31.2 Å². The van der Waals surface area contributed by atoms with Crippen LogP contribution >= 0.6 is 11.3 Å². The van der Waals surface area contributed by atoms with Crippen molar-refractivity contribution in [1.82, 2.24) is 4.98 Å². The number of hydrogen-bond donors (Lipinski definition) is 0. The maximum atomic E-state index is 13.4. The summed E-state index contributed by atoms with van der Waals surface area (Å²) >= 11 is 1.57. The zero-order chi connectivity index (χ0) is 20.4. The molecule has 2 aromatic carbocycles. The molecule has 1 aromatic heterocycles. The Morgan fingerprint density at radius 3 is 2.76 bits per heavy atom. The highest BCUT2D eigenvalue weighted by molar-refractivity contribution is 7.22. The van der Waals surface area contributed by atoms with Crippen LogP contribution in [0.3, 0.4) is 0 Å². The number of nitrogens with zero attached hydrogens (tertiary/aromatic N) is 2. The maximum Gasteiger partial charge on any atom is 0.260 e. The third kappa shape index (κ3) is 4.28. The van der Waals surface area contributed by atoms with Crippen LogP contribution in [0.2, 0.25) is 0 Å². The van der Waals surface area contributed by atoms with Gasteiger partial charge in [0.1, 0.15) is 5.75 Å². The zero-order valence-electron chi connectivity index (χ0n) is 17.1. The number of aromatic nitrogens is 1. The predicted molar refractivity (Wildman–Crippen MR) is 117 cm³/mol. The normalized spacial score (nSPS) is 16.3. The van der Waals surface area contributed by atoms with Crippen molar-refractivity contribution in [1.29, 1.82) is 0 Å². The topological polar surface area (TPSA) is 51.7 Å². The van der Waals surface area contributed by atoms with E-state index < -0.39 is 0 Å². The van der Waals surface area contributed by atoms with Gasteiger partial charge in [0.05, 0.1) is 29.5 Å². The molecule has 2 heterocycles. The molecule has 0 bridgehead atoms. The molecule has 0 radical (unpaired) electrons. The lowest BCUT2D eigenvalue weighted by molar-refractivity contribution is 0.0917. The van der Waals surface area contributed by atoms with Gasteiger partial charge in [0.15, 0.2) is 5.13 Å². The van der Waals surface area contributed by atoms with Crippen LogP contribution in [0.5, 0.6) is 5.75 Å². The van der Waals surface area contributed by atoms with Gasteiger partial charge >= 0.3 is 0 Å². The smallest absolute Gasteiger partial charge is 0.260 e. The van der Waals surface area contributed by atoms with Crippen molar-refractivity contribution >= 4 is 32.6 Å². The van der Waals surface area contributed by atoms with Crippen molar-refractivity contribution in [3.63, 3.8) is 0 Å². The predicted octanol–water partition coefficient (Wildman–Crippen LogP) is 5.14. The minimum Gasteiger partial charge on any atom is -0.494 e. The number of hydrogen-bond acceptors (Lipinski definition) is 5. The summed E-state index contributed by atoms with van der Waals surface area (Å²) in [5, 5.41) is 0.725. The van der Waals surface area contributed by atoms with Crippen molar-refractivity contribution in [3.8, 4) is 5.75 Å². The lowest BCUT2D eigenvalue weighted by atomic mass is 10.1. The monoisotopic (exact) mass is 410 g/mol. The molecule has 5 nitrogen and oxygen atoms in total. The fourth-order valence-corrected chi connectivity index (χ4v) is 4.88. The lowest BCUT2D eigenvalue weighted by Gasteiger charge is -2.23. The second kappa shape index (κ2) is 8.51. The fourth-order valence-electron chi connectivity index (χ4n) is 3.73. The third-order valence-corrected chi connectivity index (χ3v) is 6.14. The van der Waals surface area contributed by atoms with E-state index in [9.17, 15) is 4.79 Å². The molecular formula is C23H26N2O3S. The highest BCUT2D eigenvalue weighted by Gasteiger charge is 2.27. The molecule has 4 rings (SSSR count). The molecule has 1 aliphatic heterocycles. The molecule has 1 aliphatic rings. The van der Waals surface area contributed by atoms with E-state index in [0.29, 0.717) is 18.7 Å². The number of amides is 1. The first-order valence-electron chi connectivity index (χ1n) is 10.1. The summed E-state index contributed by atoms with van der Waals surface area (Å²) in [7, 11) is 0. The first kappa shape index (κ1) is 19.9. The first-order valence-corrected chi connectivity index (χ1v) is 10.9. The molecular weight excluding hydrogens is 384 g/mol.